The summed E-state index contributed by atoms with van der Waals surface area (Å²) in [5.41, 5.74) is 1.89. The molecule has 0 bridgehead atoms. The van der Waals surface area contributed by atoms with E-state index in [-0.39, 0.29) is 22.7 Å². The van der Waals surface area contributed by atoms with Crippen LogP contribution in [0.4, 0.5) is 5.69 Å². The lowest BCUT2D eigenvalue weighted by atomic mass is 10.2. The van der Waals surface area contributed by atoms with Gasteiger partial charge in [0.05, 0.1) is 4.87 Å². The van der Waals surface area contributed by atoms with Crippen molar-refractivity contribution in [3.63, 3.8) is 0 Å². The molecule has 0 saturated carbocycles. The Kier molecular flexibility index (Phi) is 3.24. The monoisotopic (exact) mass is 290 g/mol. The Bertz CT molecular complexity index is 575. The van der Waals surface area contributed by atoms with Gasteiger partial charge in [0.15, 0.2) is 0 Å². The molecular formula is C15H18N2O2S. The van der Waals surface area contributed by atoms with E-state index in [1.807, 2.05) is 31.2 Å². The number of carbonyl (C=O) groups excluding carboxylic acids is 2. The number of nitrogens with zero attached hydrogens (tertiary/aromatic N) is 1. The highest BCUT2D eigenvalue weighted by atomic mass is 32.2. The first kappa shape index (κ1) is 13.5. The molecule has 106 valence electrons. The highest BCUT2D eigenvalue weighted by Crippen LogP contribution is 2.47. The number of aryl methyl sites for hydroxylation is 1. The standard InChI is InChI=1S/C15H18N2O2S/c1-10-4-3-5-11(8-10)16-14(19)12-9-20-15(2)7-6-13(18)17(12)15/h3-5,8,12H,6-7,9H2,1-2H3,(H,16,19)/t12-,15+/m1/s1. The molecule has 1 aromatic rings. The summed E-state index contributed by atoms with van der Waals surface area (Å²) in [6.45, 7) is 4.05. The van der Waals surface area contributed by atoms with Gasteiger partial charge < -0.3 is 10.2 Å². The van der Waals surface area contributed by atoms with Crippen LogP contribution in [0.2, 0.25) is 0 Å². The van der Waals surface area contributed by atoms with Crippen LogP contribution in [0.5, 0.6) is 0 Å². The maximum atomic E-state index is 12.4. The summed E-state index contributed by atoms with van der Waals surface area (Å²) in [4.78, 5) is 26.0. The first-order valence-electron chi connectivity index (χ1n) is 6.83. The fourth-order valence-electron chi connectivity index (χ4n) is 2.96. The zero-order chi connectivity index (χ0) is 14.3. The Balaban J connectivity index is 1.76. The molecule has 2 amide bonds. The van der Waals surface area contributed by atoms with Crippen LogP contribution in [0, 0.1) is 6.92 Å². The summed E-state index contributed by atoms with van der Waals surface area (Å²) in [5.74, 6) is 0.698. The molecule has 3 rings (SSSR count). The summed E-state index contributed by atoms with van der Waals surface area (Å²) in [6.07, 6.45) is 1.39. The lowest BCUT2D eigenvalue weighted by molar-refractivity contribution is -0.135. The van der Waals surface area contributed by atoms with E-state index in [9.17, 15) is 9.59 Å². The molecule has 2 atom stereocenters. The van der Waals surface area contributed by atoms with Crippen molar-refractivity contribution >= 4 is 29.3 Å². The minimum Gasteiger partial charge on any atom is -0.324 e. The predicted octanol–water partition coefficient (Wildman–Crippen LogP) is 2.39. The maximum Gasteiger partial charge on any atom is 0.248 e. The highest BCUT2D eigenvalue weighted by Gasteiger charge is 2.52. The molecule has 0 radical (unpaired) electrons. The largest absolute Gasteiger partial charge is 0.324 e. The SMILES string of the molecule is Cc1cccc(NC(=O)[C@H]2CS[C@@]3(C)CCC(=O)N23)c1. The van der Waals surface area contributed by atoms with Crippen molar-refractivity contribution in [3.8, 4) is 0 Å². The molecule has 0 spiro atoms. The minimum atomic E-state index is -0.347. The summed E-state index contributed by atoms with van der Waals surface area (Å²) in [6, 6.07) is 7.37. The second-order valence-corrected chi connectivity index (χ2v) is 7.13. The van der Waals surface area contributed by atoms with Crippen molar-refractivity contribution in [2.24, 2.45) is 0 Å². The number of fused-ring (bicyclic) bond motifs is 1. The van der Waals surface area contributed by atoms with E-state index in [1.54, 1.807) is 16.7 Å². The van der Waals surface area contributed by atoms with E-state index in [4.69, 9.17) is 0 Å². The quantitative estimate of drug-likeness (QED) is 0.910. The number of nitrogens with one attached hydrogen (secondary N) is 1. The molecule has 0 aliphatic carbocycles. The molecule has 2 aliphatic rings. The Morgan fingerprint density at radius 3 is 3.05 bits per heavy atom. The van der Waals surface area contributed by atoms with Gasteiger partial charge in [0.2, 0.25) is 11.8 Å². The molecule has 2 fully saturated rings. The van der Waals surface area contributed by atoms with E-state index in [0.29, 0.717) is 12.2 Å². The predicted molar refractivity (Wildman–Crippen MR) is 80.5 cm³/mol. The van der Waals surface area contributed by atoms with Crippen LogP contribution in [0.3, 0.4) is 0 Å². The molecular weight excluding hydrogens is 272 g/mol. The molecule has 20 heavy (non-hydrogen) atoms. The van der Waals surface area contributed by atoms with Crippen molar-refractivity contribution in [2.45, 2.75) is 37.6 Å². The lowest BCUT2D eigenvalue weighted by Gasteiger charge is -2.29. The number of hydrogen-bond acceptors (Lipinski definition) is 3. The summed E-state index contributed by atoms with van der Waals surface area (Å²) in [7, 11) is 0. The smallest absolute Gasteiger partial charge is 0.248 e. The number of thioether (sulfide) groups is 1. The van der Waals surface area contributed by atoms with Gasteiger partial charge in [-0.25, -0.2) is 0 Å². The fraction of sp³-hybridized carbons (Fsp3) is 0.467. The molecule has 5 heteroatoms. The Hall–Kier alpha value is -1.49. The third-order valence-corrected chi connectivity index (χ3v) is 5.54. The molecule has 2 saturated heterocycles. The van der Waals surface area contributed by atoms with Crippen LogP contribution in [0.15, 0.2) is 24.3 Å². The lowest BCUT2D eigenvalue weighted by Crippen LogP contribution is -2.48. The molecule has 0 unspecified atom stereocenters. The average molecular weight is 290 g/mol. The molecule has 1 N–H and O–H groups in total. The zero-order valence-electron chi connectivity index (χ0n) is 11.7. The van der Waals surface area contributed by atoms with Crippen molar-refractivity contribution < 1.29 is 9.59 Å². The van der Waals surface area contributed by atoms with Crippen LogP contribution < -0.4 is 5.32 Å². The van der Waals surface area contributed by atoms with E-state index < -0.39 is 0 Å². The van der Waals surface area contributed by atoms with Gasteiger partial charge in [0.25, 0.3) is 0 Å². The molecule has 1 aromatic carbocycles. The number of hydrogen-bond donors (Lipinski definition) is 1. The third kappa shape index (κ3) is 2.20. The van der Waals surface area contributed by atoms with Gasteiger partial charge >= 0.3 is 0 Å². The molecule has 0 aromatic heterocycles. The minimum absolute atomic E-state index is 0.0814. The number of carbonyl (C=O) groups is 2. The number of benzene rings is 1. The second-order valence-electron chi connectivity index (χ2n) is 5.62. The Labute approximate surface area is 122 Å². The van der Waals surface area contributed by atoms with Gasteiger partial charge in [0.1, 0.15) is 6.04 Å². The van der Waals surface area contributed by atoms with Crippen LogP contribution in [0.1, 0.15) is 25.3 Å². The first-order chi connectivity index (χ1) is 9.49. The normalized spacial score (nSPS) is 28.6. The van der Waals surface area contributed by atoms with Gasteiger partial charge in [-0.15, -0.1) is 11.8 Å². The van der Waals surface area contributed by atoms with Gasteiger partial charge in [-0.2, -0.15) is 0 Å². The number of anilines is 1. The molecule has 2 heterocycles. The number of rotatable bonds is 2. The van der Waals surface area contributed by atoms with Crippen molar-refractivity contribution in [2.75, 3.05) is 11.1 Å². The van der Waals surface area contributed by atoms with E-state index in [0.717, 1.165) is 17.7 Å². The van der Waals surface area contributed by atoms with Gasteiger partial charge in [-0.05, 0) is 38.0 Å². The van der Waals surface area contributed by atoms with Gasteiger partial charge in [0, 0.05) is 17.9 Å². The van der Waals surface area contributed by atoms with Crippen molar-refractivity contribution in [1.82, 2.24) is 4.90 Å². The maximum absolute atomic E-state index is 12.4. The second kappa shape index (κ2) is 4.81. The molecule has 2 aliphatic heterocycles. The number of amides is 2. The third-order valence-electron chi connectivity index (χ3n) is 4.03. The van der Waals surface area contributed by atoms with E-state index in [2.05, 4.69) is 12.2 Å². The van der Waals surface area contributed by atoms with Crippen LogP contribution in [-0.4, -0.2) is 33.4 Å². The summed E-state index contributed by atoms with van der Waals surface area (Å²) >= 11 is 1.71. The zero-order valence-corrected chi connectivity index (χ0v) is 12.5. The average Bonchev–Trinajstić information content (AvgIpc) is 2.87. The highest BCUT2D eigenvalue weighted by molar-refractivity contribution is 8.01. The fourth-order valence-corrected chi connectivity index (χ4v) is 4.39. The molecule has 4 nitrogen and oxygen atoms in total. The summed E-state index contributed by atoms with van der Waals surface area (Å²) in [5, 5.41) is 2.93. The van der Waals surface area contributed by atoms with Crippen LogP contribution in [-0.2, 0) is 9.59 Å². The van der Waals surface area contributed by atoms with Crippen molar-refractivity contribution in [3.05, 3.63) is 29.8 Å². The van der Waals surface area contributed by atoms with E-state index in [1.165, 1.54) is 0 Å². The first-order valence-corrected chi connectivity index (χ1v) is 7.82. The van der Waals surface area contributed by atoms with E-state index >= 15 is 0 Å². The Morgan fingerprint density at radius 1 is 1.50 bits per heavy atom. The van der Waals surface area contributed by atoms with Crippen LogP contribution >= 0.6 is 11.8 Å². The Morgan fingerprint density at radius 2 is 2.30 bits per heavy atom. The topological polar surface area (TPSA) is 49.4 Å². The summed E-state index contributed by atoms with van der Waals surface area (Å²) < 4.78 is 0. The van der Waals surface area contributed by atoms with Gasteiger partial charge in [-0.1, -0.05) is 12.1 Å². The van der Waals surface area contributed by atoms with Crippen LogP contribution in [0.25, 0.3) is 0 Å². The van der Waals surface area contributed by atoms with Gasteiger partial charge in [-0.3, -0.25) is 9.59 Å². The van der Waals surface area contributed by atoms with Crippen molar-refractivity contribution in [1.29, 1.82) is 0 Å².